The lowest BCUT2D eigenvalue weighted by Crippen LogP contribution is -2.62. The third-order valence-corrected chi connectivity index (χ3v) is 7.08. The van der Waals surface area contributed by atoms with E-state index in [0.29, 0.717) is 35.7 Å². The molecule has 1 saturated heterocycles. The first-order valence-electron chi connectivity index (χ1n) is 10.3. The number of halogens is 1. The van der Waals surface area contributed by atoms with Crippen LogP contribution >= 0.6 is 23.4 Å². The predicted octanol–water partition coefficient (Wildman–Crippen LogP) is 3.94. The maximum Gasteiger partial charge on any atom is 0.257 e. The number of rotatable bonds is 7. The van der Waals surface area contributed by atoms with Gasteiger partial charge in [-0.3, -0.25) is 19.3 Å². The molecule has 0 aromatic heterocycles. The van der Waals surface area contributed by atoms with Crippen LogP contribution < -0.4 is 10.2 Å². The molecule has 31 heavy (non-hydrogen) atoms. The first-order chi connectivity index (χ1) is 14.9. The van der Waals surface area contributed by atoms with Crippen LogP contribution in [0.25, 0.3) is 0 Å². The van der Waals surface area contributed by atoms with Gasteiger partial charge in [-0.05, 0) is 49.7 Å². The fourth-order valence-corrected chi connectivity index (χ4v) is 5.13. The summed E-state index contributed by atoms with van der Waals surface area (Å²) in [5, 5.41) is 3.61. The normalized spacial score (nSPS) is 19.9. The second-order valence-corrected chi connectivity index (χ2v) is 9.43. The Morgan fingerprint density at radius 3 is 2.68 bits per heavy atom. The Morgan fingerprint density at radius 2 is 1.90 bits per heavy atom. The minimum atomic E-state index is -0.729. The number of anilines is 1. The Balaban J connectivity index is 1.34. The third-order valence-electron chi connectivity index (χ3n) is 5.81. The van der Waals surface area contributed by atoms with Gasteiger partial charge in [-0.1, -0.05) is 23.7 Å². The molecule has 8 heteroatoms. The molecular weight excluding hydrogens is 434 g/mol. The number of carbonyl (C=O) groups excluding carboxylic acids is 3. The molecule has 2 aliphatic heterocycles. The van der Waals surface area contributed by atoms with Crippen molar-refractivity contribution in [3.05, 3.63) is 59.1 Å². The van der Waals surface area contributed by atoms with Crippen molar-refractivity contribution in [1.82, 2.24) is 10.2 Å². The first kappa shape index (κ1) is 21.7. The van der Waals surface area contributed by atoms with E-state index < -0.39 is 5.66 Å². The first-order valence-corrected chi connectivity index (χ1v) is 11.7. The molecule has 2 aromatic carbocycles. The van der Waals surface area contributed by atoms with Gasteiger partial charge in [0.25, 0.3) is 5.91 Å². The van der Waals surface area contributed by atoms with Crippen LogP contribution in [0.4, 0.5) is 5.69 Å². The van der Waals surface area contributed by atoms with Crippen molar-refractivity contribution in [2.45, 2.75) is 36.7 Å². The van der Waals surface area contributed by atoms with Crippen molar-refractivity contribution in [2.24, 2.45) is 0 Å². The van der Waals surface area contributed by atoms with Crippen LogP contribution in [0.3, 0.4) is 0 Å². The molecular formula is C23H24ClN3O3S. The molecule has 1 N–H and O–H groups in total. The lowest BCUT2D eigenvalue weighted by atomic mass is 9.98. The smallest absolute Gasteiger partial charge is 0.257 e. The van der Waals surface area contributed by atoms with Crippen molar-refractivity contribution in [1.29, 1.82) is 0 Å². The second kappa shape index (κ2) is 8.93. The van der Waals surface area contributed by atoms with Crippen LogP contribution in [0.5, 0.6) is 0 Å². The van der Waals surface area contributed by atoms with E-state index in [2.05, 4.69) is 5.32 Å². The molecule has 2 aromatic rings. The minimum Gasteiger partial charge on any atom is -0.355 e. The highest BCUT2D eigenvalue weighted by molar-refractivity contribution is 7.99. The van der Waals surface area contributed by atoms with Crippen LogP contribution in [-0.2, 0) is 9.59 Å². The molecule has 2 aliphatic rings. The Morgan fingerprint density at radius 1 is 1.16 bits per heavy atom. The number of benzene rings is 2. The number of fused-ring (bicyclic) bond motifs is 3. The minimum absolute atomic E-state index is 0.0103. The number of nitrogens with one attached hydrogen (secondary N) is 1. The summed E-state index contributed by atoms with van der Waals surface area (Å²) in [5.41, 5.74) is 0.445. The van der Waals surface area contributed by atoms with Gasteiger partial charge in [0.2, 0.25) is 11.8 Å². The van der Waals surface area contributed by atoms with E-state index in [1.54, 1.807) is 33.7 Å². The van der Waals surface area contributed by atoms with E-state index in [0.717, 1.165) is 10.6 Å². The maximum absolute atomic E-state index is 13.2. The van der Waals surface area contributed by atoms with Crippen molar-refractivity contribution >= 4 is 46.8 Å². The Hall–Kier alpha value is -2.51. The summed E-state index contributed by atoms with van der Waals surface area (Å²) < 4.78 is 0. The van der Waals surface area contributed by atoms with Gasteiger partial charge in [0, 0.05) is 41.6 Å². The van der Waals surface area contributed by atoms with E-state index in [-0.39, 0.29) is 30.7 Å². The van der Waals surface area contributed by atoms with E-state index in [4.69, 9.17) is 11.6 Å². The number of amides is 3. The Kier molecular flexibility index (Phi) is 6.25. The highest BCUT2D eigenvalue weighted by Crippen LogP contribution is 2.43. The number of nitrogens with zero attached hydrogens (tertiary/aromatic N) is 2. The number of hydrogen-bond acceptors (Lipinski definition) is 4. The molecule has 0 bridgehead atoms. The van der Waals surface area contributed by atoms with Crippen LogP contribution in [0.1, 0.15) is 36.5 Å². The number of para-hydroxylation sites is 1. The second-order valence-electron chi connectivity index (χ2n) is 7.82. The van der Waals surface area contributed by atoms with Gasteiger partial charge in [-0.2, -0.15) is 0 Å². The molecule has 1 unspecified atom stereocenters. The van der Waals surface area contributed by atoms with Crippen molar-refractivity contribution in [3.8, 4) is 0 Å². The fraction of sp³-hybridized carbons (Fsp3) is 0.348. The summed E-state index contributed by atoms with van der Waals surface area (Å²) in [6.45, 7) is 2.71. The average molecular weight is 458 g/mol. The topological polar surface area (TPSA) is 69.7 Å². The number of hydrogen-bond donors (Lipinski definition) is 1. The van der Waals surface area contributed by atoms with Gasteiger partial charge < -0.3 is 10.2 Å². The number of carbonyl (C=O) groups is 3. The van der Waals surface area contributed by atoms with Gasteiger partial charge in [-0.15, -0.1) is 11.8 Å². The van der Waals surface area contributed by atoms with Gasteiger partial charge in [0.1, 0.15) is 5.66 Å². The largest absolute Gasteiger partial charge is 0.355 e. The molecule has 0 radical (unpaired) electrons. The van der Waals surface area contributed by atoms with E-state index >= 15 is 0 Å². The lowest BCUT2D eigenvalue weighted by Gasteiger charge is -2.48. The van der Waals surface area contributed by atoms with Crippen LogP contribution in [0.2, 0.25) is 5.02 Å². The van der Waals surface area contributed by atoms with E-state index in [1.807, 2.05) is 43.3 Å². The summed E-state index contributed by atoms with van der Waals surface area (Å²) in [6, 6.07) is 14.8. The van der Waals surface area contributed by atoms with Crippen LogP contribution in [-0.4, -0.2) is 47.1 Å². The van der Waals surface area contributed by atoms with Crippen LogP contribution in [0.15, 0.2) is 53.4 Å². The zero-order valence-corrected chi connectivity index (χ0v) is 18.8. The lowest BCUT2D eigenvalue weighted by molar-refractivity contribution is -0.121. The number of thioether (sulfide) groups is 1. The zero-order valence-electron chi connectivity index (χ0n) is 17.3. The third kappa shape index (κ3) is 4.29. The highest BCUT2D eigenvalue weighted by Gasteiger charge is 2.52. The molecule has 0 aliphatic carbocycles. The van der Waals surface area contributed by atoms with E-state index in [1.165, 1.54) is 0 Å². The molecule has 1 fully saturated rings. The van der Waals surface area contributed by atoms with Gasteiger partial charge in [0.05, 0.1) is 11.3 Å². The SMILES string of the molecule is CC12CCC(=O)N1c1ccccc1C(=O)N2CCC(=O)NCCSc1ccc(Cl)cc1. The zero-order chi connectivity index (χ0) is 22.0. The van der Waals surface area contributed by atoms with Gasteiger partial charge >= 0.3 is 0 Å². The molecule has 1 atom stereocenters. The van der Waals surface area contributed by atoms with Gasteiger partial charge in [0.15, 0.2) is 0 Å². The summed E-state index contributed by atoms with van der Waals surface area (Å²) in [5.74, 6) is 0.512. The van der Waals surface area contributed by atoms with Crippen molar-refractivity contribution in [3.63, 3.8) is 0 Å². The Bertz CT molecular complexity index is 1010. The monoisotopic (exact) mass is 457 g/mol. The average Bonchev–Trinajstić information content (AvgIpc) is 3.07. The standard InChI is InChI=1S/C23H24ClN3O3S/c1-23-12-10-21(29)27(23)19-5-3-2-4-18(19)22(30)26(23)14-11-20(28)25-13-15-31-17-8-6-16(24)7-9-17/h2-9H,10-15H2,1H3,(H,25,28). The molecule has 2 heterocycles. The fourth-order valence-electron chi connectivity index (χ4n) is 4.23. The Labute approximate surface area is 190 Å². The highest BCUT2D eigenvalue weighted by atomic mass is 35.5. The molecule has 4 rings (SSSR count). The maximum atomic E-state index is 13.2. The molecule has 162 valence electrons. The molecule has 0 spiro atoms. The summed E-state index contributed by atoms with van der Waals surface area (Å²) in [7, 11) is 0. The molecule has 0 saturated carbocycles. The van der Waals surface area contributed by atoms with Crippen LogP contribution in [0, 0.1) is 0 Å². The molecule has 6 nitrogen and oxygen atoms in total. The summed E-state index contributed by atoms with van der Waals surface area (Å²) in [6.07, 6.45) is 1.14. The van der Waals surface area contributed by atoms with Crippen molar-refractivity contribution in [2.75, 3.05) is 23.7 Å². The summed E-state index contributed by atoms with van der Waals surface area (Å²) in [4.78, 5) is 42.6. The summed E-state index contributed by atoms with van der Waals surface area (Å²) >= 11 is 7.53. The predicted molar refractivity (Wildman–Crippen MR) is 122 cm³/mol. The molecule has 3 amide bonds. The van der Waals surface area contributed by atoms with E-state index in [9.17, 15) is 14.4 Å². The quantitative estimate of drug-likeness (QED) is 0.505. The van der Waals surface area contributed by atoms with Gasteiger partial charge in [-0.25, -0.2) is 0 Å². The van der Waals surface area contributed by atoms with Crippen molar-refractivity contribution < 1.29 is 14.4 Å².